The Kier molecular flexibility index (Phi) is 6.57. The molecule has 0 amide bonds. The summed E-state index contributed by atoms with van der Waals surface area (Å²) in [7, 11) is 0. The summed E-state index contributed by atoms with van der Waals surface area (Å²) in [6, 6.07) is 0.304. The molecule has 31 heavy (non-hydrogen) atoms. The van der Waals surface area contributed by atoms with Crippen molar-refractivity contribution in [3.05, 3.63) is 62.8 Å². The second-order valence-corrected chi connectivity index (χ2v) is 8.24. The standard InChI is InChI=1S/C15H6F6I2N2O6/c16-14(17,18)13(15(19,20)21,5-1-7(22)11(26)9(3-5)24(28)29)6-2-8(23)12(27)10(4-6)25(30)31/h1-4,26-27H. The molecule has 16 heteroatoms. The molecule has 0 fully saturated rings. The highest BCUT2D eigenvalue weighted by Crippen LogP contribution is 2.58. The van der Waals surface area contributed by atoms with Gasteiger partial charge in [-0.1, -0.05) is 0 Å². The first kappa shape index (κ1) is 25.1. The highest BCUT2D eigenvalue weighted by atomic mass is 127. The van der Waals surface area contributed by atoms with Crippen LogP contribution in [0.2, 0.25) is 0 Å². The molecular formula is C15H6F6I2N2O6. The molecule has 0 atom stereocenters. The minimum absolute atomic E-state index is 0.0932. The van der Waals surface area contributed by atoms with Crippen molar-refractivity contribution >= 4 is 56.6 Å². The summed E-state index contributed by atoms with van der Waals surface area (Å²) in [5, 5.41) is 41.6. The summed E-state index contributed by atoms with van der Waals surface area (Å²) < 4.78 is 83.7. The normalized spacial score (nSPS) is 12.6. The smallest absolute Gasteiger partial charge is 0.411 e. The molecule has 2 N–H and O–H groups in total. The number of alkyl halides is 6. The van der Waals surface area contributed by atoms with E-state index in [0.29, 0.717) is 0 Å². The van der Waals surface area contributed by atoms with Gasteiger partial charge >= 0.3 is 23.7 Å². The van der Waals surface area contributed by atoms with Crippen molar-refractivity contribution in [1.82, 2.24) is 0 Å². The average Bonchev–Trinajstić information content (AvgIpc) is 2.58. The Morgan fingerprint density at radius 3 is 1.23 bits per heavy atom. The summed E-state index contributed by atoms with van der Waals surface area (Å²) in [6.45, 7) is 0. The van der Waals surface area contributed by atoms with Crippen LogP contribution in [0.25, 0.3) is 0 Å². The lowest BCUT2D eigenvalue weighted by atomic mass is 9.72. The minimum atomic E-state index is -6.20. The van der Waals surface area contributed by atoms with Crippen LogP contribution in [-0.2, 0) is 5.41 Å². The number of nitro groups is 2. The van der Waals surface area contributed by atoms with E-state index in [4.69, 9.17) is 0 Å². The molecule has 2 aromatic carbocycles. The van der Waals surface area contributed by atoms with E-state index in [1.165, 1.54) is 0 Å². The van der Waals surface area contributed by atoms with E-state index >= 15 is 0 Å². The summed E-state index contributed by atoms with van der Waals surface area (Å²) in [5.41, 5.74) is -11.2. The third kappa shape index (κ3) is 4.05. The molecule has 0 aliphatic rings. The molecule has 0 heterocycles. The molecule has 0 radical (unpaired) electrons. The van der Waals surface area contributed by atoms with Crippen LogP contribution in [-0.4, -0.2) is 32.4 Å². The molecule has 0 aliphatic heterocycles. The SMILES string of the molecule is O=[N+]([O-])c1cc(C(c2cc(I)c(O)c([N+](=O)[O-])c2)(C(F)(F)F)C(F)(F)F)cc(I)c1O. The number of hydrogen-bond acceptors (Lipinski definition) is 6. The van der Waals surface area contributed by atoms with E-state index in [9.17, 15) is 56.8 Å². The number of rotatable bonds is 4. The van der Waals surface area contributed by atoms with Crippen molar-refractivity contribution in [3.63, 3.8) is 0 Å². The van der Waals surface area contributed by atoms with Crippen LogP contribution in [0, 0.1) is 27.4 Å². The Labute approximate surface area is 194 Å². The predicted octanol–water partition coefficient (Wildman–Crippen LogP) is 5.53. The molecule has 0 saturated carbocycles. The van der Waals surface area contributed by atoms with Gasteiger partial charge in [0, 0.05) is 12.1 Å². The number of nitrogens with zero attached hydrogens (tertiary/aromatic N) is 2. The van der Waals surface area contributed by atoms with Crippen molar-refractivity contribution in [1.29, 1.82) is 0 Å². The molecular weight excluding hydrogens is 672 g/mol. The second kappa shape index (κ2) is 8.10. The largest absolute Gasteiger partial charge is 0.501 e. The van der Waals surface area contributed by atoms with Crippen LogP contribution < -0.4 is 0 Å². The second-order valence-electron chi connectivity index (χ2n) is 5.91. The van der Waals surface area contributed by atoms with Crippen molar-refractivity contribution in [2.45, 2.75) is 17.8 Å². The maximum Gasteiger partial charge on any atom is 0.411 e. The lowest BCUT2D eigenvalue weighted by Crippen LogP contribution is -2.55. The summed E-state index contributed by atoms with van der Waals surface area (Å²) in [6.07, 6.45) is -12.4. The predicted molar refractivity (Wildman–Crippen MR) is 108 cm³/mol. The molecule has 0 aliphatic carbocycles. The number of nitro benzene ring substituents is 2. The van der Waals surface area contributed by atoms with E-state index in [1.807, 2.05) is 0 Å². The van der Waals surface area contributed by atoms with Gasteiger partial charge in [-0.2, -0.15) is 26.3 Å². The fourth-order valence-corrected chi connectivity index (χ4v) is 4.09. The molecule has 0 unspecified atom stereocenters. The number of phenolic OH excluding ortho intramolecular Hbond substituents is 2. The van der Waals surface area contributed by atoms with Gasteiger partial charge in [0.2, 0.25) is 16.9 Å². The van der Waals surface area contributed by atoms with Crippen molar-refractivity contribution in [3.8, 4) is 11.5 Å². The van der Waals surface area contributed by atoms with Crippen LogP contribution in [0.3, 0.4) is 0 Å². The lowest BCUT2D eigenvalue weighted by Gasteiger charge is -2.38. The van der Waals surface area contributed by atoms with E-state index in [-0.39, 0.29) is 24.3 Å². The third-order valence-electron chi connectivity index (χ3n) is 4.20. The summed E-state index contributed by atoms with van der Waals surface area (Å²) >= 11 is 2.23. The summed E-state index contributed by atoms with van der Waals surface area (Å²) in [5.74, 6) is -2.31. The van der Waals surface area contributed by atoms with Gasteiger partial charge in [-0.25, -0.2) is 0 Å². The van der Waals surface area contributed by atoms with Gasteiger partial charge < -0.3 is 10.2 Å². The zero-order chi connectivity index (χ0) is 24.1. The van der Waals surface area contributed by atoms with Crippen molar-refractivity contribution < 1.29 is 46.4 Å². The van der Waals surface area contributed by atoms with E-state index in [0.717, 1.165) is 45.2 Å². The molecule has 0 aromatic heterocycles. The number of benzene rings is 2. The molecule has 2 aromatic rings. The third-order valence-corrected chi connectivity index (χ3v) is 5.84. The topological polar surface area (TPSA) is 127 Å². The fraction of sp³-hybridized carbons (Fsp3) is 0.200. The molecule has 8 nitrogen and oxygen atoms in total. The van der Waals surface area contributed by atoms with Gasteiger partial charge in [0.05, 0.1) is 17.0 Å². The molecule has 0 spiro atoms. The average molecular weight is 678 g/mol. The number of aromatic hydroxyl groups is 2. The van der Waals surface area contributed by atoms with Crippen LogP contribution in [0.1, 0.15) is 11.1 Å². The Hall–Kier alpha value is -2.12. The van der Waals surface area contributed by atoms with Crippen LogP contribution in [0.5, 0.6) is 11.5 Å². The lowest BCUT2D eigenvalue weighted by molar-refractivity contribution is -0.386. The molecule has 168 valence electrons. The fourth-order valence-electron chi connectivity index (χ4n) is 2.86. The van der Waals surface area contributed by atoms with E-state index < -0.39 is 68.8 Å². The maximum atomic E-state index is 14.2. The Morgan fingerprint density at radius 1 is 0.710 bits per heavy atom. The van der Waals surface area contributed by atoms with Crippen LogP contribution >= 0.6 is 45.2 Å². The van der Waals surface area contributed by atoms with E-state index in [1.54, 1.807) is 0 Å². The highest BCUT2D eigenvalue weighted by molar-refractivity contribution is 14.1. The number of halogens is 8. The molecule has 0 saturated heterocycles. The van der Waals surface area contributed by atoms with Gasteiger partial charge in [-0.05, 0) is 68.4 Å². The van der Waals surface area contributed by atoms with Gasteiger partial charge in [-0.3, -0.25) is 20.2 Å². The summed E-state index contributed by atoms with van der Waals surface area (Å²) in [4.78, 5) is 19.4. The van der Waals surface area contributed by atoms with Gasteiger partial charge in [-0.15, -0.1) is 0 Å². The molecule has 2 rings (SSSR count). The zero-order valence-electron chi connectivity index (χ0n) is 14.3. The minimum Gasteiger partial charge on any atom is -0.501 e. The van der Waals surface area contributed by atoms with E-state index in [2.05, 4.69) is 0 Å². The van der Waals surface area contributed by atoms with Crippen molar-refractivity contribution in [2.75, 3.05) is 0 Å². The quantitative estimate of drug-likeness (QED) is 0.190. The highest BCUT2D eigenvalue weighted by Gasteiger charge is 2.73. The Morgan fingerprint density at radius 2 is 1.00 bits per heavy atom. The first-order chi connectivity index (χ1) is 14.0. The zero-order valence-corrected chi connectivity index (χ0v) is 18.6. The first-order valence-electron chi connectivity index (χ1n) is 7.45. The molecule has 0 bridgehead atoms. The van der Waals surface area contributed by atoms with Crippen molar-refractivity contribution in [2.24, 2.45) is 0 Å². The van der Waals surface area contributed by atoms with Gasteiger partial charge in [0.15, 0.2) is 0 Å². The number of hydrogen-bond donors (Lipinski definition) is 2. The van der Waals surface area contributed by atoms with Crippen LogP contribution in [0.15, 0.2) is 24.3 Å². The monoisotopic (exact) mass is 678 g/mol. The van der Waals surface area contributed by atoms with Gasteiger partial charge in [0.25, 0.3) is 0 Å². The number of phenols is 2. The Bertz CT molecular complexity index is 1000. The van der Waals surface area contributed by atoms with Crippen LogP contribution in [0.4, 0.5) is 37.7 Å². The van der Waals surface area contributed by atoms with Gasteiger partial charge in [0.1, 0.15) is 0 Å². The first-order valence-corrected chi connectivity index (χ1v) is 9.60. The Balaban J connectivity index is 3.16. The maximum absolute atomic E-state index is 14.2.